The third-order valence-corrected chi connectivity index (χ3v) is 4.07. The summed E-state index contributed by atoms with van der Waals surface area (Å²) < 4.78 is 2.63. The first kappa shape index (κ1) is 12.1. The minimum Gasteiger partial charge on any atom is -0.316 e. The van der Waals surface area contributed by atoms with Gasteiger partial charge in [0.25, 0.3) is 5.56 Å². The minimum atomic E-state index is 0. The Balaban J connectivity index is 0.000000963. The SMILES string of the molecule is Cl.O=c1c(Br)ccc2n1CC1CNCC2C1. The number of rotatable bonds is 0. The molecule has 1 aromatic heterocycles. The van der Waals surface area contributed by atoms with Crippen molar-refractivity contribution in [3.8, 4) is 0 Å². The number of aromatic nitrogens is 1. The van der Waals surface area contributed by atoms with Gasteiger partial charge in [0.05, 0.1) is 4.47 Å². The summed E-state index contributed by atoms with van der Waals surface area (Å²) in [6.45, 7) is 2.93. The van der Waals surface area contributed by atoms with Crippen LogP contribution in [0.2, 0.25) is 0 Å². The van der Waals surface area contributed by atoms with Gasteiger partial charge in [0.15, 0.2) is 0 Å². The van der Waals surface area contributed by atoms with Crippen LogP contribution in [-0.4, -0.2) is 17.7 Å². The number of nitrogens with zero attached hydrogens (tertiary/aromatic N) is 1. The van der Waals surface area contributed by atoms with Crippen LogP contribution in [0.5, 0.6) is 0 Å². The van der Waals surface area contributed by atoms with Crippen molar-refractivity contribution in [2.24, 2.45) is 5.92 Å². The molecule has 1 fully saturated rings. The molecule has 2 unspecified atom stereocenters. The van der Waals surface area contributed by atoms with E-state index in [-0.39, 0.29) is 18.0 Å². The predicted octanol–water partition coefficient (Wildman–Crippen LogP) is 1.74. The van der Waals surface area contributed by atoms with E-state index in [1.165, 1.54) is 12.1 Å². The molecule has 0 aromatic carbocycles. The summed E-state index contributed by atoms with van der Waals surface area (Å²) in [5, 5.41) is 3.43. The Kier molecular flexibility index (Phi) is 3.42. The maximum Gasteiger partial charge on any atom is 0.265 e. The van der Waals surface area contributed by atoms with E-state index in [9.17, 15) is 4.79 Å². The molecular weight excluding hydrogens is 291 g/mol. The lowest BCUT2D eigenvalue weighted by atomic mass is 9.84. The van der Waals surface area contributed by atoms with Crippen molar-refractivity contribution in [3.63, 3.8) is 0 Å². The van der Waals surface area contributed by atoms with Crippen LogP contribution in [0.1, 0.15) is 18.0 Å². The van der Waals surface area contributed by atoms with Crippen LogP contribution in [0.25, 0.3) is 0 Å². The molecule has 0 amide bonds. The highest BCUT2D eigenvalue weighted by atomic mass is 79.9. The van der Waals surface area contributed by atoms with Gasteiger partial charge in [-0.2, -0.15) is 0 Å². The number of nitrogens with one attached hydrogen (secondary N) is 1. The molecule has 5 heteroatoms. The van der Waals surface area contributed by atoms with E-state index in [1.54, 1.807) is 0 Å². The van der Waals surface area contributed by atoms with Crippen LogP contribution in [0.3, 0.4) is 0 Å². The standard InChI is InChI=1S/C11H13BrN2O.ClH/c12-9-1-2-10-8-3-7(4-13-5-8)6-14(10)11(9)15;/h1-2,7-8,13H,3-6H2;1H. The fourth-order valence-electron chi connectivity index (χ4n) is 2.76. The molecule has 2 atom stereocenters. The molecule has 2 aliphatic rings. The Morgan fingerprint density at radius 1 is 1.38 bits per heavy atom. The van der Waals surface area contributed by atoms with E-state index in [0.717, 1.165) is 19.6 Å². The van der Waals surface area contributed by atoms with Gasteiger partial charge in [0.1, 0.15) is 0 Å². The molecule has 3 rings (SSSR count). The van der Waals surface area contributed by atoms with Gasteiger partial charge in [-0.15, -0.1) is 12.4 Å². The van der Waals surface area contributed by atoms with E-state index in [0.29, 0.717) is 16.3 Å². The van der Waals surface area contributed by atoms with Gasteiger partial charge >= 0.3 is 0 Å². The lowest BCUT2D eigenvalue weighted by molar-refractivity contribution is 0.257. The molecular formula is C11H14BrClN2O. The van der Waals surface area contributed by atoms with Crippen LogP contribution in [0.15, 0.2) is 21.4 Å². The summed E-state index contributed by atoms with van der Waals surface area (Å²) in [5.41, 5.74) is 1.33. The van der Waals surface area contributed by atoms with Gasteiger partial charge in [-0.05, 0) is 46.9 Å². The van der Waals surface area contributed by atoms with Gasteiger partial charge in [-0.25, -0.2) is 0 Å². The zero-order valence-corrected chi connectivity index (χ0v) is 11.2. The van der Waals surface area contributed by atoms with E-state index in [2.05, 4.69) is 27.3 Å². The average molecular weight is 306 g/mol. The van der Waals surface area contributed by atoms with Gasteiger partial charge in [-0.1, -0.05) is 0 Å². The maximum atomic E-state index is 11.9. The van der Waals surface area contributed by atoms with Crippen LogP contribution in [-0.2, 0) is 6.54 Å². The molecule has 1 aromatic rings. The third-order valence-electron chi connectivity index (χ3n) is 3.46. The maximum absolute atomic E-state index is 11.9. The molecule has 88 valence electrons. The molecule has 2 aliphatic heterocycles. The number of pyridine rings is 1. The highest BCUT2D eigenvalue weighted by molar-refractivity contribution is 9.10. The van der Waals surface area contributed by atoms with Gasteiger partial charge < -0.3 is 9.88 Å². The highest BCUT2D eigenvalue weighted by Gasteiger charge is 2.30. The number of piperidine rings is 1. The van der Waals surface area contributed by atoms with Gasteiger partial charge in [-0.3, -0.25) is 4.79 Å². The predicted molar refractivity (Wildman–Crippen MR) is 69.4 cm³/mol. The molecule has 16 heavy (non-hydrogen) atoms. The summed E-state index contributed by atoms with van der Waals surface area (Å²) in [6.07, 6.45) is 1.23. The minimum absolute atomic E-state index is 0. The summed E-state index contributed by atoms with van der Waals surface area (Å²) in [4.78, 5) is 11.9. The largest absolute Gasteiger partial charge is 0.316 e. The Labute approximate surface area is 109 Å². The molecule has 0 radical (unpaired) electrons. The van der Waals surface area contributed by atoms with Gasteiger partial charge in [0, 0.05) is 24.7 Å². The smallest absolute Gasteiger partial charge is 0.265 e. The van der Waals surface area contributed by atoms with Crippen molar-refractivity contribution in [1.29, 1.82) is 0 Å². The van der Waals surface area contributed by atoms with E-state index in [4.69, 9.17) is 0 Å². The van der Waals surface area contributed by atoms with Gasteiger partial charge in [0.2, 0.25) is 0 Å². The zero-order chi connectivity index (χ0) is 10.4. The first-order chi connectivity index (χ1) is 7.25. The third kappa shape index (κ3) is 1.83. The van der Waals surface area contributed by atoms with E-state index in [1.807, 2.05) is 10.6 Å². The topological polar surface area (TPSA) is 34.0 Å². The summed E-state index contributed by atoms with van der Waals surface area (Å²) in [5.74, 6) is 1.15. The van der Waals surface area contributed by atoms with Crippen molar-refractivity contribution < 1.29 is 0 Å². The Morgan fingerprint density at radius 2 is 2.19 bits per heavy atom. The highest BCUT2D eigenvalue weighted by Crippen LogP contribution is 2.31. The molecule has 3 nitrogen and oxygen atoms in total. The summed E-state index contributed by atoms with van der Waals surface area (Å²) in [6, 6.07) is 3.96. The number of halogens is 2. The second kappa shape index (κ2) is 4.51. The molecule has 2 bridgehead atoms. The van der Waals surface area contributed by atoms with Crippen molar-refractivity contribution in [3.05, 3.63) is 32.7 Å². The number of hydrogen-bond acceptors (Lipinski definition) is 2. The first-order valence-corrected chi connectivity index (χ1v) is 6.15. The summed E-state index contributed by atoms with van der Waals surface area (Å²) in [7, 11) is 0. The lowest BCUT2D eigenvalue weighted by Crippen LogP contribution is -2.44. The number of hydrogen-bond donors (Lipinski definition) is 1. The van der Waals surface area contributed by atoms with Crippen molar-refractivity contribution in [1.82, 2.24) is 9.88 Å². The van der Waals surface area contributed by atoms with E-state index < -0.39 is 0 Å². The lowest BCUT2D eigenvalue weighted by Gasteiger charge is -2.37. The van der Waals surface area contributed by atoms with Crippen molar-refractivity contribution in [2.75, 3.05) is 13.1 Å². The van der Waals surface area contributed by atoms with Crippen LogP contribution in [0.4, 0.5) is 0 Å². The van der Waals surface area contributed by atoms with E-state index >= 15 is 0 Å². The molecule has 0 spiro atoms. The Morgan fingerprint density at radius 3 is 3.00 bits per heavy atom. The second-order valence-electron chi connectivity index (χ2n) is 4.48. The van der Waals surface area contributed by atoms with Crippen LogP contribution < -0.4 is 10.9 Å². The number of fused-ring (bicyclic) bond motifs is 4. The van der Waals surface area contributed by atoms with Crippen LogP contribution >= 0.6 is 28.3 Å². The fraction of sp³-hybridized carbons (Fsp3) is 0.545. The molecule has 0 saturated carbocycles. The Bertz CT molecular complexity index is 460. The second-order valence-corrected chi connectivity index (χ2v) is 5.33. The average Bonchev–Trinajstić information content (AvgIpc) is 2.25. The van der Waals surface area contributed by atoms with Crippen molar-refractivity contribution in [2.45, 2.75) is 18.9 Å². The fourth-order valence-corrected chi connectivity index (χ4v) is 3.11. The molecule has 1 saturated heterocycles. The quantitative estimate of drug-likeness (QED) is 0.792. The molecule has 0 aliphatic carbocycles. The first-order valence-electron chi connectivity index (χ1n) is 5.35. The Hall–Kier alpha value is -0.320. The normalized spacial score (nSPS) is 26.8. The van der Waals surface area contributed by atoms with Crippen LogP contribution in [0, 0.1) is 5.92 Å². The van der Waals surface area contributed by atoms with Crippen molar-refractivity contribution >= 4 is 28.3 Å². The summed E-state index contributed by atoms with van der Waals surface area (Å²) >= 11 is 3.31. The molecule has 3 heterocycles. The zero-order valence-electron chi connectivity index (χ0n) is 8.78. The monoisotopic (exact) mass is 304 g/mol. The molecule has 1 N–H and O–H groups in total.